The minimum absolute atomic E-state index is 0.0779. The van der Waals surface area contributed by atoms with Gasteiger partial charge in [0.15, 0.2) is 0 Å². The van der Waals surface area contributed by atoms with E-state index in [1.54, 1.807) is 0 Å². The largest absolute Gasteiger partial charge is 0.358 e. The van der Waals surface area contributed by atoms with E-state index in [4.69, 9.17) is 4.74 Å². The minimum atomic E-state index is -0.0779. The van der Waals surface area contributed by atoms with E-state index in [0.29, 0.717) is 6.10 Å². The molecule has 1 N–H and O–H groups in total. The average Bonchev–Trinajstić information content (AvgIpc) is 2.65. The molecule has 2 nitrogen and oxygen atoms in total. The van der Waals surface area contributed by atoms with Crippen molar-refractivity contribution in [1.82, 2.24) is 5.32 Å². The van der Waals surface area contributed by atoms with Gasteiger partial charge >= 0.3 is 0 Å². The zero-order chi connectivity index (χ0) is 7.90. The third-order valence-electron chi connectivity index (χ3n) is 2.57. The van der Waals surface area contributed by atoms with Crippen molar-refractivity contribution >= 4 is 0 Å². The molecule has 1 aliphatic carbocycles. The first-order valence-electron chi connectivity index (χ1n) is 4.60. The predicted molar refractivity (Wildman–Crippen MR) is 44.3 cm³/mol. The molecular formula is C9H17NO. The van der Waals surface area contributed by atoms with Crippen molar-refractivity contribution in [2.75, 3.05) is 6.54 Å². The van der Waals surface area contributed by atoms with Crippen LogP contribution in [0.3, 0.4) is 0 Å². The highest BCUT2D eigenvalue weighted by Gasteiger charge is 2.37. The number of hydrogen-bond donors (Lipinski definition) is 1. The molecule has 1 aliphatic heterocycles. The monoisotopic (exact) mass is 155 g/mol. The van der Waals surface area contributed by atoms with Crippen LogP contribution in [0.4, 0.5) is 0 Å². The molecule has 1 saturated carbocycles. The van der Waals surface area contributed by atoms with E-state index in [-0.39, 0.29) is 5.72 Å². The highest BCUT2D eigenvalue weighted by Crippen LogP contribution is 2.38. The molecule has 2 rings (SSSR count). The van der Waals surface area contributed by atoms with Crippen molar-refractivity contribution in [3.8, 4) is 0 Å². The van der Waals surface area contributed by atoms with Crippen molar-refractivity contribution in [1.29, 1.82) is 0 Å². The molecule has 1 atom stereocenters. The Morgan fingerprint density at radius 3 is 2.55 bits per heavy atom. The van der Waals surface area contributed by atoms with Gasteiger partial charge < -0.3 is 4.74 Å². The summed E-state index contributed by atoms with van der Waals surface area (Å²) >= 11 is 0. The number of hydrogen-bond acceptors (Lipinski definition) is 2. The highest BCUT2D eigenvalue weighted by atomic mass is 16.5. The molecular weight excluding hydrogens is 138 g/mol. The Bertz CT molecular complexity index is 152. The third kappa shape index (κ3) is 1.74. The Kier molecular flexibility index (Phi) is 1.69. The third-order valence-corrected chi connectivity index (χ3v) is 2.57. The van der Waals surface area contributed by atoms with Gasteiger partial charge in [-0.25, -0.2) is 0 Å². The molecule has 0 amide bonds. The van der Waals surface area contributed by atoms with Gasteiger partial charge in [0, 0.05) is 6.54 Å². The second-order valence-electron chi connectivity index (χ2n) is 4.22. The van der Waals surface area contributed by atoms with Gasteiger partial charge in [-0.2, -0.15) is 0 Å². The second kappa shape index (κ2) is 2.46. The molecule has 0 aromatic carbocycles. The van der Waals surface area contributed by atoms with Gasteiger partial charge in [-0.1, -0.05) is 0 Å². The standard InChI is InChI=1S/C9H17NO/c1-9(2)10-6-5-8(11-9)7-3-4-7/h7-8,10H,3-6H2,1-2H3. The van der Waals surface area contributed by atoms with Gasteiger partial charge in [0.25, 0.3) is 0 Å². The van der Waals surface area contributed by atoms with Crippen LogP contribution < -0.4 is 5.32 Å². The number of nitrogens with one attached hydrogen (secondary N) is 1. The summed E-state index contributed by atoms with van der Waals surface area (Å²) in [4.78, 5) is 0. The van der Waals surface area contributed by atoms with Crippen LogP contribution in [0.25, 0.3) is 0 Å². The van der Waals surface area contributed by atoms with E-state index in [9.17, 15) is 0 Å². The molecule has 0 aromatic rings. The predicted octanol–water partition coefficient (Wildman–Crippen LogP) is 1.51. The molecule has 2 aliphatic rings. The Hall–Kier alpha value is -0.0800. The molecule has 0 radical (unpaired) electrons. The van der Waals surface area contributed by atoms with Crippen LogP contribution in [-0.4, -0.2) is 18.4 Å². The van der Waals surface area contributed by atoms with Crippen molar-refractivity contribution in [2.45, 2.75) is 44.9 Å². The molecule has 0 bridgehead atoms. The summed E-state index contributed by atoms with van der Waals surface area (Å²) in [5.74, 6) is 0.886. The van der Waals surface area contributed by atoms with Gasteiger partial charge in [-0.3, -0.25) is 5.32 Å². The Labute approximate surface area is 68.3 Å². The Morgan fingerprint density at radius 2 is 2.00 bits per heavy atom. The zero-order valence-corrected chi connectivity index (χ0v) is 7.39. The summed E-state index contributed by atoms with van der Waals surface area (Å²) in [6, 6.07) is 0. The first-order valence-corrected chi connectivity index (χ1v) is 4.60. The van der Waals surface area contributed by atoms with Gasteiger partial charge in [0.1, 0.15) is 5.72 Å². The summed E-state index contributed by atoms with van der Waals surface area (Å²) in [5, 5.41) is 3.35. The maximum atomic E-state index is 5.89. The van der Waals surface area contributed by atoms with Gasteiger partial charge in [0.05, 0.1) is 6.10 Å². The maximum Gasteiger partial charge on any atom is 0.113 e. The molecule has 1 saturated heterocycles. The van der Waals surface area contributed by atoms with Crippen molar-refractivity contribution in [2.24, 2.45) is 5.92 Å². The summed E-state index contributed by atoms with van der Waals surface area (Å²) in [7, 11) is 0. The summed E-state index contributed by atoms with van der Waals surface area (Å²) in [6.45, 7) is 5.34. The first-order chi connectivity index (χ1) is 5.17. The van der Waals surface area contributed by atoms with E-state index in [2.05, 4.69) is 19.2 Å². The van der Waals surface area contributed by atoms with Crippen LogP contribution >= 0.6 is 0 Å². The van der Waals surface area contributed by atoms with Crippen LogP contribution in [-0.2, 0) is 4.74 Å². The van der Waals surface area contributed by atoms with Crippen LogP contribution in [0.15, 0.2) is 0 Å². The molecule has 2 fully saturated rings. The fourth-order valence-corrected chi connectivity index (χ4v) is 1.79. The van der Waals surface area contributed by atoms with E-state index in [1.165, 1.54) is 19.3 Å². The van der Waals surface area contributed by atoms with Crippen molar-refractivity contribution < 1.29 is 4.74 Å². The van der Waals surface area contributed by atoms with Crippen LogP contribution in [0, 0.1) is 5.92 Å². The molecule has 11 heavy (non-hydrogen) atoms. The minimum Gasteiger partial charge on any atom is -0.358 e. The van der Waals surface area contributed by atoms with E-state index < -0.39 is 0 Å². The number of ether oxygens (including phenoxy) is 1. The molecule has 2 heteroatoms. The van der Waals surface area contributed by atoms with E-state index in [1.807, 2.05) is 0 Å². The lowest BCUT2D eigenvalue weighted by Gasteiger charge is -2.37. The highest BCUT2D eigenvalue weighted by molar-refractivity contribution is 4.87. The van der Waals surface area contributed by atoms with Crippen molar-refractivity contribution in [3.05, 3.63) is 0 Å². The fraction of sp³-hybridized carbons (Fsp3) is 1.00. The zero-order valence-electron chi connectivity index (χ0n) is 7.39. The summed E-state index contributed by atoms with van der Waals surface area (Å²) in [5.41, 5.74) is -0.0779. The quantitative estimate of drug-likeness (QED) is 0.619. The smallest absolute Gasteiger partial charge is 0.113 e. The van der Waals surface area contributed by atoms with Gasteiger partial charge in [-0.15, -0.1) is 0 Å². The SMILES string of the molecule is CC1(C)NCCC(C2CC2)O1. The average molecular weight is 155 g/mol. The fourth-order valence-electron chi connectivity index (χ4n) is 1.79. The summed E-state index contributed by atoms with van der Waals surface area (Å²) in [6.07, 6.45) is 4.53. The normalized spacial score (nSPS) is 37.1. The number of rotatable bonds is 1. The van der Waals surface area contributed by atoms with E-state index >= 15 is 0 Å². The maximum absolute atomic E-state index is 5.89. The molecule has 0 aromatic heterocycles. The van der Waals surface area contributed by atoms with Crippen LogP contribution in [0.1, 0.15) is 33.1 Å². The Morgan fingerprint density at radius 1 is 1.27 bits per heavy atom. The van der Waals surface area contributed by atoms with Gasteiger partial charge in [-0.05, 0) is 39.0 Å². The van der Waals surface area contributed by atoms with E-state index in [0.717, 1.165) is 12.5 Å². The van der Waals surface area contributed by atoms with Crippen molar-refractivity contribution in [3.63, 3.8) is 0 Å². The first kappa shape index (κ1) is 7.56. The Balaban J connectivity index is 1.92. The topological polar surface area (TPSA) is 21.3 Å². The lowest BCUT2D eigenvalue weighted by Crippen LogP contribution is -2.50. The lowest BCUT2D eigenvalue weighted by molar-refractivity contribution is -0.127. The van der Waals surface area contributed by atoms with Gasteiger partial charge in [0.2, 0.25) is 0 Å². The molecule has 64 valence electrons. The van der Waals surface area contributed by atoms with Crippen LogP contribution in [0.2, 0.25) is 0 Å². The molecule has 1 heterocycles. The molecule has 1 unspecified atom stereocenters. The molecule has 0 spiro atoms. The summed E-state index contributed by atoms with van der Waals surface area (Å²) < 4.78 is 5.89. The lowest BCUT2D eigenvalue weighted by atomic mass is 10.1. The van der Waals surface area contributed by atoms with Crippen LogP contribution in [0.5, 0.6) is 0 Å². The second-order valence-corrected chi connectivity index (χ2v) is 4.22.